The molecule has 2 aliphatic heterocycles. The van der Waals surface area contributed by atoms with E-state index in [4.69, 9.17) is 4.74 Å². The molecule has 3 atom stereocenters. The largest absolute Gasteiger partial charge is 0.391 e. The van der Waals surface area contributed by atoms with Gasteiger partial charge in [-0.25, -0.2) is 0 Å². The van der Waals surface area contributed by atoms with Crippen molar-refractivity contribution in [1.29, 1.82) is 0 Å². The summed E-state index contributed by atoms with van der Waals surface area (Å²) in [7, 11) is 0. The van der Waals surface area contributed by atoms with E-state index in [2.05, 4.69) is 18.7 Å². The number of hydrogen-bond donors (Lipinski definition) is 1. The van der Waals surface area contributed by atoms with Gasteiger partial charge in [-0.05, 0) is 70.9 Å². The second-order valence-corrected chi connectivity index (χ2v) is 7.84. The summed E-state index contributed by atoms with van der Waals surface area (Å²) in [5.41, 5.74) is 0.0713. The SMILES string of the molecule is CCC(C)(C(O)C1CCOC2(CCCC2)C1)N1CCCC1. The van der Waals surface area contributed by atoms with E-state index in [1.54, 1.807) is 0 Å². The Kier molecular flexibility index (Phi) is 4.63. The highest BCUT2D eigenvalue weighted by atomic mass is 16.5. The van der Waals surface area contributed by atoms with Crippen LogP contribution in [0.25, 0.3) is 0 Å². The normalized spacial score (nSPS) is 34.1. The lowest BCUT2D eigenvalue weighted by Crippen LogP contribution is -2.57. The first kappa shape index (κ1) is 15.8. The van der Waals surface area contributed by atoms with Crippen LogP contribution in [-0.2, 0) is 4.74 Å². The van der Waals surface area contributed by atoms with E-state index in [0.29, 0.717) is 5.92 Å². The lowest BCUT2D eigenvalue weighted by molar-refractivity contribution is -0.136. The maximum atomic E-state index is 11.2. The number of nitrogens with zero attached hydrogens (tertiary/aromatic N) is 1. The topological polar surface area (TPSA) is 32.7 Å². The summed E-state index contributed by atoms with van der Waals surface area (Å²) in [6.45, 7) is 7.71. The minimum absolute atomic E-state index is 0.0434. The van der Waals surface area contributed by atoms with Crippen molar-refractivity contribution < 1.29 is 9.84 Å². The molecule has 3 fully saturated rings. The molecule has 1 N–H and O–H groups in total. The molecule has 3 unspecified atom stereocenters. The highest BCUT2D eigenvalue weighted by Gasteiger charge is 2.47. The van der Waals surface area contributed by atoms with E-state index < -0.39 is 0 Å². The van der Waals surface area contributed by atoms with Gasteiger partial charge in [-0.3, -0.25) is 4.90 Å². The second kappa shape index (κ2) is 6.17. The summed E-state index contributed by atoms with van der Waals surface area (Å²) in [5, 5.41) is 11.2. The van der Waals surface area contributed by atoms with Gasteiger partial charge in [-0.15, -0.1) is 0 Å². The number of aliphatic hydroxyl groups is 1. The van der Waals surface area contributed by atoms with Gasteiger partial charge >= 0.3 is 0 Å². The van der Waals surface area contributed by atoms with Gasteiger partial charge in [0.1, 0.15) is 0 Å². The van der Waals surface area contributed by atoms with Gasteiger partial charge in [-0.1, -0.05) is 19.8 Å². The molecular formula is C18H33NO2. The predicted octanol–water partition coefficient (Wildman–Crippen LogP) is 3.35. The van der Waals surface area contributed by atoms with Gasteiger partial charge in [0.15, 0.2) is 0 Å². The Hall–Kier alpha value is -0.120. The Balaban J connectivity index is 1.71. The zero-order valence-corrected chi connectivity index (χ0v) is 13.9. The van der Waals surface area contributed by atoms with Crippen molar-refractivity contribution in [3.05, 3.63) is 0 Å². The highest BCUT2D eigenvalue weighted by Crippen LogP contribution is 2.45. The Morgan fingerprint density at radius 2 is 1.90 bits per heavy atom. The predicted molar refractivity (Wildman–Crippen MR) is 85.4 cm³/mol. The summed E-state index contributed by atoms with van der Waals surface area (Å²) in [6.07, 6.45) is 10.6. The lowest BCUT2D eigenvalue weighted by Gasteiger charge is -2.48. The van der Waals surface area contributed by atoms with Crippen LogP contribution in [0.3, 0.4) is 0 Å². The third-order valence-electron chi connectivity index (χ3n) is 6.67. The Bertz CT molecular complexity index is 347. The van der Waals surface area contributed by atoms with E-state index in [0.717, 1.165) is 39.0 Å². The van der Waals surface area contributed by atoms with Gasteiger partial charge in [-0.2, -0.15) is 0 Å². The molecule has 1 aliphatic carbocycles. The standard InChI is InChI=1S/C18H33NO2/c1-3-17(2,19-11-6-7-12-19)16(20)15-8-13-21-18(14-15)9-4-5-10-18/h15-16,20H,3-14H2,1-2H3. The number of ether oxygens (including phenoxy) is 1. The summed E-state index contributed by atoms with van der Waals surface area (Å²) in [4.78, 5) is 2.55. The smallest absolute Gasteiger partial charge is 0.0751 e. The number of hydrogen-bond acceptors (Lipinski definition) is 3. The molecule has 3 aliphatic rings. The zero-order chi connectivity index (χ0) is 14.9. The van der Waals surface area contributed by atoms with Gasteiger partial charge < -0.3 is 9.84 Å². The lowest BCUT2D eigenvalue weighted by atomic mass is 9.74. The average molecular weight is 295 g/mol. The first-order valence-electron chi connectivity index (χ1n) is 9.17. The van der Waals surface area contributed by atoms with Crippen molar-refractivity contribution in [2.45, 2.75) is 88.9 Å². The van der Waals surface area contributed by atoms with Crippen LogP contribution in [0.4, 0.5) is 0 Å². The maximum Gasteiger partial charge on any atom is 0.0751 e. The van der Waals surface area contributed by atoms with Crippen LogP contribution in [0.15, 0.2) is 0 Å². The van der Waals surface area contributed by atoms with Crippen LogP contribution in [0.2, 0.25) is 0 Å². The van der Waals surface area contributed by atoms with E-state index in [1.807, 2.05) is 0 Å². The van der Waals surface area contributed by atoms with Crippen LogP contribution in [0, 0.1) is 5.92 Å². The van der Waals surface area contributed by atoms with E-state index in [1.165, 1.54) is 38.5 Å². The van der Waals surface area contributed by atoms with Gasteiger partial charge in [0, 0.05) is 12.1 Å². The van der Waals surface area contributed by atoms with Crippen molar-refractivity contribution >= 4 is 0 Å². The zero-order valence-electron chi connectivity index (χ0n) is 13.9. The molecule has 1 saturated carbocycles. The molecule has 122 valence electrons. The van der Waals surface area contributed by atoms with Crippen LogP contribution in [-0.4, -0.2) is 46.9 Å². The van der Waals surface area contributed by atoms with Crippen molar-refractivity contribution in [2.75, 3.05) is 19.7 Å². The van der Waals surface area contributed by atoms with Crippen LogP contribution >= 0.6 is 0 Å². The van der Waals surface area contributed by atoms with Gasteiger partial charge in [0.05, 0.1) is 11.7 Å². The molecule has 0 aromatic carbocycles. The first-order valence-corrected chi connectivity index (χ1v) is 9.17. The molecule has 0 bridgehead atoms. The van der Waals surface area contributed by atoms with Crippen molar-refractivity contribution in [1.82, 2.24) is 4.90 Å². The van der Waals surface area contributed by atoms with Crippen molar-refractivity contribution in [3.8, 4) is 0 Å². The fraction of sp³-hybridized carbons (Fsp3) is 1.00. The number of aliphatic hydroxyl groups excluding tert-OH is 1. The van der Waals surface area contributed by atoms with E-state index >= 15 is 0 Å². The van der Waals surface area contributed by atoms with Gasteiger partial charge in [0.25, 0.3) is 0 Å². The molecule has 1 spiro atoms. The minimum atomic E-state index is -0.207. The van der Waals surface area contributed by atoms with Crippen molar-refractivity contribution in [2.24, 2.45) is 5.92 Å². The Morgan fingerprint density at radius 1 is 1.24 bits per heavy atom. The van der Waals surface area contributed by atoms with E-state index in [9.17, 15) is 5.11 Å². The highest BCUT2D eigenvalue weighted by molar-refractivity contribution is 5.01. The molecule has 2 saturated heterocycles. The Labute approximate surface area is 130 Å². The molecule has 0 radical (unpaired) electrons. The van der Waals surface area contributed by atoms with Gasteiger partial charge in [0.2, 0.25) is 0 Å². The molecule has 0 amide bonds. The Morgan fingerprint density at radius 3 is 2.52 bits per heavy atom. The average Bonchev–Trinajstić information content (AvgIpc) is 3.18. The maximum absolute atomic E-state index is 11.2. The number of likely N-dealkylation sites (tertiary alicyclic amines) is 1. The first-order chi connectivity index (χ1) is 10.1. The molecular weight excluding hydrogens is 262 g/mol. The van der Waals surface area contributed by atoms with Crippen molar-refractivity contribution in [3.63, 3.8) is 0 Å². The summed E-state index contributed by atoms with van der Waals surface area (Å²) < 4.78 is 6.15. The van der Waals surface area contributed by atoms with Crippen LogP contribution in [0.5, 0.6) is 0 Å². The molecule has 21 heavy (non-hydrogen) atoms. The third-order valence-corrected chi connectivity index (χ3v) is 6.67. The minimum Gasteiger partial charge on any atom is -0.391 e. The molecule has 0 aromatic rings. The fourth-order valence-corrected chi connectivity index (χ4v) is 5.06. The summed E-state index contributed by atoms with van der Waals surface area (Å²) >= 11 is 0. The van der Waals surface area contributed by atoms with Crippen LogP contribution in [0.1, 0.15) is 71.6 Å². The molecule has 3 heteroatoms. The summed E-state index contributed by atoms with van der Waals surface area (Å²) in [5.74, 6) is 0.419. The molecule has 3 nitrogen and oxygen atoms in total. The quantitative estimate of drug-likeness (QED) is 0.863. The third kappa shape index (κ3) is 2.89. The summed E-state index contributed by atoms with van der Waals surface area (Å²) in [6, 6.07) is 0. The second-order valence-electron chi connectivity index (χ2n) is 7.84. The number of rotatable bonds is 4. The van der Waals surface area contributed by atoms with Crippen LogP contribution < -0.4 is 0 Å². The fourth-order valence-electron chi connectivity index (χ4n) is 5.06. The molecule has 3 rings (SSSR count). The molecule has 2 heterocycles. The monoisotopic (exact) mass is 295 g/mol. The molecule has 0 aromatic heterocycles. The van der Waals surface area contributed by atoms with E-state index in [-0.39, 0.29) is 17.2 Å².